The fourth-order valence-electron chi connectivity index (χ4n) is 3.39. The molecular weight excluding hydrogens is 592 g/mol. The molecule has 0 spiro atoms. The minimum Gasteiger partial charge on any atom is -0.483 e. The number of carbonyl (C=O) groups is 3. The Morgan fingerprint density at radius 3 is 2.14 bits per heavy atom. The standard InChI is InChI=1S/C22H27N5O2.C2HF3O2.CHF3.CH2O2/c1-22(2,3)16-8-6-15(7-9-16)21(28)25-18-14-27-19(24-18)10-11-20(26-27)29-17-5-4-12-23-13-17;3-2(4,5)1(6)7;2-1(3)4;2-1-3/h6-11,14,17,23H,4-5,12-13H2,1-3H3,(H,25,28);(H,6,7);1H;1H,(H,2,3). The van der Waals surface area contributed by atoms with Crippen LogP contribution in [0.5, 0.6) is 5.88 Å². The number of fused-ring (bicyclic) bond motifs is 1. The van der Waals surface area contributed by atoms with E-state index in [9.17, 15) is 31.1 Å². The molecule has 1 saturated heterocycles. The number of nitrogens with zero attached hydrogens (tertiary/aromatic N) is 3. The van der Waals surface area contributed by atoms with Crippen LogP contribution in [0, 0.1) is 0 Å². The number of anilines is 1. The van der Waals surface area contributed by atoms with E-state index in [1.54, 1.807) is 10.7 Å². The van der Waals surface area contributed by atoms with Gasteiger partial charge in [0.15, 0.2) is 11.5 Å². The lowest BCUT2D eigenvalue weighted by Gasteiger charge is -2.23. The van der Waals surface area contributed by atoms with Crippen molar-refractivity contribution in [3.05, 3.63) is 53.7 Å². The molecule has 11 nitrogen and oxygen atoms in total. The maximum Gasteiger partial charge on any atom is 0.490 e. The summed E-state index contributed by atoms with van der Waals surface area (Å²) in [6.45, 7) is 4.40. The summed E-state index contributed by atoms with van der Waals surface area (Å²) in [7, 11) is 0. The predicted molar refractivity (Wildman–Crippen MR) is 142 cm³/mol. The molecule has 3 heterocycles. The first-order chi connectivity index (χ1) is 20.0. The zero-order valence-electron chi connectivity index (χ0n) is 23.2. The average Bonchev–Trinajstić information content (AvgIpc) is 3.30. The Morgan fingerprint density at radius 1 is 1.12 bits per heavy atom. The monoisotopic (exact) mass is 623 g/mol. The van der Waals surface area contributed by atoms with Crippen LogP contribution in [0.4, 0.5) is 32.2 Å². The topological polar surface area (TPSA) is 155 Å². The summed E-state index contributed by atoms with van der Waals surface area (Å²) in [5.41, 5.74) is 2.48. The van der Waals surface area contributed by atoms with E-state index >= 15 is 0 Å². The van der Waals surface area contributed by atoms with Gasteiger partial charge in [0.1, 0.15) is 6.10 Å². The van der Waals surface area contributed by atoms with Gasteiger partial charge in [-0.25, -0.2) is 14.3 Å². The maximum atomic E-state index is 12.6. The molecule has 1 aromatic carbocycles. The van der Waals surface area contributed by atoms with E-state index < -0.39 is 18.8 Å². The number of piperidine rings is 1. The van der Waals surface area contributed by atoms with Gasteiger partial charge in [0.2, 0.25) is 5.88 Å². The Labute approximate surface area is 241 Å². The van der Waals surface area contributed by atoms with Gasteiger partial charge in [-0.05, 0) is 48.6 Å². The highest BCUT2D eigenvalue weighted by molar-refractivity contribution is 6.03. The molecule has 43 heavy (non-hydrogen) atoms. The third kappa shape index (κ3) is 13.9. The van der Waals surface area contributed by atoms with Crippen molar-refractivity contribution in [2.75, 3.05) is 18.4 Å². The van der Waals surface area contributed by atoms with Gasteiger partial charge in [-0.15, -0.1) is 5.10 Å². The quantitative estimate of drug-likeness (QED) is 0.234. The fourth-order valence-corrected chi connectivity index (χ4v) is 3.39. The molecule has 4 rings (SSSR count). The van der Waals surface area contributed by atoms with Crippen molar-refractivity contribution in [2.45, 2.75) is 58.0 Å². The summed E-state index contributed by atoms with van der Waals surface area (Å²) in [5, 5.41) is 24.6. The first-order valence-electron chi connectivity index (χ1n) is 12.4. The number of alkyl halides is 6. The number of carboxylic acid groups (broad SMARTS) is 2. The molecule has 1 fully saturated rings. The van der Waals surface area contributed by atoms with E-state index in [0.29, 0.717) is 22.9 Å². The minimum atomic E-state index is -5.08. The number of hydrogen-bond acceptors (Lipinski definition) is 7. The Bertz CT molecular complexity index is 1300. The van der Waals surface area contributed by atoms with Crippen LogP contribution in [-0.2, 0) is 15.0 Å². The number of carbonyl (C=O) groups excluding carboxylic acids is 1. The van der Waals surface area contributed by atoms with Gasteiger partial charge in [0.25, 0.3) is 12.4 Å². The highest BCUT2D eigenvalue weighted by atomic mass is 19.4. The fraction of sp³-hybridized carbons (Fsp3) is 0.423. The van der Waals surface area contributed by atoms with Crippen molar-refractivity contribution in [2.24, 2.45) is 0 Å². The number of hydrogen-bond donors (Lipinski definition) is 4. The van der Waals surface area contributed by atoms with Gasteiger partial charge in [-0.1, -0.05) is 32.9 Å². The van der Waals surface area contributed by atoms with Crippen molar-refractivity contribution in [1.82, 2.24) is 19.9 Å². The summed E-state index contributed by atoms with van der Waals surface area (Å²) in [6.07, 6.45) is -1.13. The number of halogens is 6. The molecule has 2 aromatic heterocycles. The van der Waals surface area contributed by atoms with Crippen LogP contribution < -0.4 is 15.4 Å². The maximum absolute atomic E-state index is 12.6. The highest BCUT2D eigenvalue weighted by Crippen LogP contribution is 2.23. The molecule has 0 bridgehead atoms. The van der Waals surface area contributed by atoms with Crippen molar-refractivity contribution >= 4 is 29.8 Å². The number of aliphatic carboxylic acids is 1. The third-order valence-corrected chi connectivity index (χ3v) is 5.33. The zero-order chi connectivity index (χ0) is 32.8. The number of ether oxygens (including phenoxy) is 1. The average molecular weight is 624 g/mol. The molecule has 0 aliphatic carbocycles. The second kappa shape index (κ2) is 16.9. The number of benzene rings is 1. The molecule has 17 heteroatoms. The van der Waals surface area contributed by atoms with Gasteiger partial charge >= 0.3 is 18.8 Å². The van der Waals surface area contributed by atoms with Crippen LogP contribution >= 0.6 is 0 Å². The van der Waals surface area contributed by atoms with Gasteiger partial charge < -0.3 is 25.6 Å². The van der Waals surface area contributed by atoms with E-state index in [1.165, 1.54) is 5.56 Å². The normalized spacial score (nSPS) is 14.6. The number of imidazole rings is 1. The number of amides is 1. The molecule has 3 aromatic rings. The lowest BCUT2D eigenvalue weighted by molar-refractivity contribution is -0.192. The van der Waals surface area contributed by atoms with Crippen molar-refractivity contribution in [1.29, 1.82) is 0 Å². The Kier molecular flexibility index (Phi) is 14.4. The predicted octanol–water partition coefficient (Wildman–Crippen LogP) is 4.92. The van der Waals surface area contributed by atoms with E-state index in [0.717, 1.165) is 25.9 Å². The SMILES string of the molecule is CC(C)(C)c1ccc(C(=O)Nc2cn3nc(OC4CCCNC4)ccc3n2)cc1.FC(F)F.O=C(O)C(F)(F)F.O=CO. The van der Waals surface area contributed by atoms with Crippen LogP contribution in [0.3, 0.4) is 0 Å². The van der Waals surface area contributed by atoms with E-state index in [4.69, 9.17) is 24.5 Å². The summed E-state index contributed by atoms with van der Waals surface area (Å²) in [4.78, 5) is 34.2. The number of aromatic nitrogens is 3. The molecule has 4 N–H and O–H groups in total. The molecule has 1 atom stereocenters. The van der Waals surface area contributed by atoms with Crippen LogP contribution in [-0.4, -0.2) is 75.2 Å². The van der Waals surface area contributed by atoms with E-state index in [1.807, 2.05) is 36.4 Å². The smallest absolute Gasteiger partial charge is 0.483 e. The summed E-state index contributed by atoms with van der Waals surface area (Å²) >= 11 is 0. The Balaban J connectivity index is 0.000000555. The molecule has 1 aliphatic heterocycles. The molecule has 1 unspecified atom stereocenters. The van der Waals surface area contributed by atoms with Crippen molar-refractivity contribution in [3.63, 3.8) is 0 Å². The Hall–Kier alpha value is -4.41. The molecule has 0 saturated carbocycles. The van der Waals surface area contributed by atoms with E-state index in [-0.39, 0.29) is 23.9 Å². The van der Waals surface area contributed by atoms with Crippen LogP contribution in [0.2, 0.25) is 0 Å². The van der Waals surface area contributed by atoms with Crippen LogP contribution in [0.1, 0.15) is 49.5 Å². The molecule has 0 radical (unpaired) electrons. The zero-order valence-corrected chi connectivity index (χ0v) is 23.2. The second-order valence-electron chi connectivity index (χ2n) is 9.62. The molecule has 238 valence electrons. The molecule has 1 amide bonds. The van der Waals surface area contributed by atoms with Gasteiger partial charge in [0, 0.05) is 18.2 Å². The molecule has 1 aliphatic rings. The van der Waals surface area contributed by atoms with E-state index in [2.05, 4.69) is 41.5 Å². The van der Waals surface area contributed by atoms with Gasteiger partial charge in [-0.2, -0.15) is 26.3 Å². The Morgan fingerprint density at radius 2 is 1.67 bits per heavy atom. The van der Waals surface area contributed by atoms with Crippen molar-refractivity contribution in [3.8, 4) is 5.88 Å². The first-order valence-corrected chi connectivity index (χ1v) is 12.4. The number of rotatable bonds is 4. The summed E-state index contributed by atoms with van der Waals surface area (Å²) < 4.78 is 68.3. The first kappa shape index (κ1) is 36.6. The summed E-state index contributed by atoms with van der Waals surface area (Å²) in [6, 6.07) is 11.3. The van der Waals surface area contributed by atoms with Crippen LogP contribution in [0.15, 0.2) is 42.6 Å². The number of carboxylic acids is 1. The number of nitrogens with one attached hydrogen (secondary N) is 2. The van der Waals surface area contributed by atoms with Gasteiger partial charge in [0.05, 0.1) is 6.20 Å². The third-order valence-electron chi connectivity index (χ3n) is 5.33. The highest BCUT2D eigenvalue weighted by Gasteiger charge is 2.38. The van der Waals surface area contributed by atoms with Crippen molar-refractivity contribution < 1.29 is 55.7 Å². The lowest BCUT2D eigenvalue weighted by Crippen LogP contribution is -2.37. The van der Waals surface area contributed by atoms with Gasteiger partial charge in [-0.3, -0.25) is 9.59 Å². The largest absolute Gasteiger partial charge is 0.490 e. The minimum absolute atomic E-state index is 0.0513. The lowest BCUT2D eigenvalue weighted by atomic mass is 9.87. The van der Waals surface area contributed by atoms with Crippen LogP contribution in [0.25, 0.3) is 5.65 Å². The summed E-state index contributed by atoms with van der Waals surface area (Å²) in [5.74, 6) is -1.94. The molecular formula is C26H31F6N5O6. The second-order valence-corrected chi connectivity index (χ2v) is 9.62.